The van der Waals surface area contributed by atoms with Gasteiger partial charge in [0.05, 0.1) is 16.3 Å². The van der Waals surface area contributed by atoms with Gasteiger partial charge in [-0.2, -0.15) is 0 Å². The fraction of sp³-hybridized carbons (Fsp3) is 0. The smallest absolute Gasteiger partial charge is 0.338 e. The van der Waals surface area contributed by atoms with Crippen LogP contribution in [-0.4, -0.2) is 22.0 Å². The fourth-order valence-electron chi connectivity index (χ4n) is 1.53. The number of nitrogens with zero attached hydrogens (tertiary/aromatic N) is 1. The molecule has 2 aromatic rings. The molecule has 0 saturated carbocycles. The number of carboxylic acid groups (broad SMARTS) is 1. The molecule has 0 radical (unpaired) electrons. The van der Waals surface area contributed by atoms with Gasteiger partial charge in [-0.1, -0.05) is 23.2 Å². The standard InChI is InChI=1S/C13H8Cl2N2O3/c14-7-3-4-10(9(15)6-7)17-12(18)11-8(13(19)20)2-1-5-16-11/h1-6H,(H,17,18)(H,19,20). The second-order valence-electron chi connectivity index (χ2n) is 3.78. The predicted molar refractivity (Wildman–Crippen MR) is 75.6 cm³/mol. The van der Waals surface area contributed by atoms with Crippen molar-refractivity contribution in [2.24, 2.45) is 0 Å². The van der Waals surface area contributed by atoms with E-state index in [0.29, 0.717) is 10.7 Å². The molecule has 0 bridgehead atoms. The summed E-state index contributed by atoms with van der Waals surface area (Å²) >= 11 is 11.7. The lowest BCUT2D eigenvalue weighted by molar-refractivity contribution is 0.0691. The molecule has 0 aliphatic rings. The first-order valence-corrected chi connectivity index (χ1v) is 6.19. The van der Waals surface area contributed by atoms with Crippen molar-refractivity contribution in [3.8, 4) is 0 Å². The Morgan fingerprint density at radius 1 is 1.20 bits per heavy atom. The van der Waals surface area contributed by atoms with Crippen molar-refractivity contribution in [2.45, 2.75) is 0 Å². The predicted octanol–water partition coefficient (Wildman–Crippen LogP) is 3.34. The van der Waals surface area contributed by atoms with Crippen LogP contribution in [0, 0.1) is 0 Å². The maximum Gasteiger partial charge on any atom is 0.338 e. The molecule has 0 saturated heterocycles. The van der Waals surface area contributed by atoms with Gasteiger partial charge >= 0.3 is 5.97 Å². The fourth-order valence-corrected chi connectivity index (χ4v) is 1.99. The zero-order chi connectivity index (χ0) is 14.7. The van der Waals surface area contributed by atoms with Crippen LogP contribution in [0.3, 0.4) is 0 Å². The van der Waals surface area contributed by atoms with Gasteiger partial charge in [-0.15, -0.1) is 0 Å². The van der Waals surface area contributed by atoms with E-state index < -0.39 is 11.9 Å². The largest absolute Gasteiger partial charge is 0.478 e. The summed E-state index contributed by atoms with van der Waals surface area (Å²) < 4.78 is 0. The first-order chi connectivity index (χ1) is 9.49. The van der Waals surface area contributed by atoms with Crippen molar-refractivity contribution in [3.63, 3.8) is 0 Å². The summed E-state index contributed by atoms with van der Waals surface area (Å²) in [4.78, 5) is 26.9. The minimum Gasteiger partial charge on any atom is -0.478 e. The van der Waals surface area contributed by atoms with E-state index in [0.717, 1.165) is 0 Å². The number of hydrogen-bond donors (Lipinski definition) is 2. The third-order valence-corrected chi connectivity index (χ3v) is 2.98. The number of nitrogens with one attached hydrogen (secondary N) is 1. The summed E-state index contributed by atoms with van der Waals surface area (Å²) in [6, 6.07) is 7.28. The zero-order valence-electron chi connectivity index (χ0n) is 9.93. The summed E-state index contributed by atoms with van der Waals surface area (Å²) in [5, 5.41) is 12.2. The molecule has 1 amide bonds. The number of amides is 1. The van der Waals surface area contributed by atoms with E-state index in [2.05, 4.69) is 10.3 Å². The van der Waals surface area contributed by atoms with Gasteiger partial charge < -0.3 is 10.4 Å². The number of benzene rings is 1. The summed E-state index contributed by atoms with van der Waals surface area (Å²) in [6.07, 6.45) is 1.34. The van der Waals surface area contributed by atoms with Crippen molar-refractivity contribution < 1.29 is 14.7 Å². The molecule has 0 fully saturated rings. The maximum absolute atomic E-state index is 12.0. The molecule has 1 heterocycles. The molecule has 5 nitrogen and oxygen atoms in total. The van der Waals surface area contributed by atoms with E-state index in [1.54, 1.807) is 6.07 Å². The van der Waals surface area contributed by atoms with Crippen LogP contribution in [0.1, 0.15) is 20.8 Å². The van der Waals surface area contributed by atoms with Gasteiger partial charge in [0.15, 0.2) is 0 Å². The van der Waals surface area contributed by atoms with Gasteiger partial charge in [-0.05, 0) is 30.3 Å². The van der Waals surface area contributed by atoms with Crippen molar-refractivity contribution in [2.75, 3.05) is 5.32 Å². The van der Waals surface area contributed by atoms with E-state index in [9.17, 15) is 9.59 Å². The normalized spacial score (nSPS) is 10.1. The number of carboxylic acids is 1. The third-order valence-electron chi connectivity index (χ3n) is 2.43. The molecule has 0 spiro atoms. The molecule has 1 aromatic carbocycles. The van der Waals surface area contributed by atoms with Crippen LogP contribution >= 0.6 is 23.2 Å². The van der Waals surface area contributed by atoms with Crippen LogP contribution in [-0.2, 0) is 0 Å². The lowest BCUT2D eigenvalue weighted by Crippen LogP contribution is -2.18. The maximum atomic E-state index is 12.0. The van der Waals surface area contributed by atoms with Crippen molar-refractivity contribution >= 4 is 40.8 Å². The first-order valence-electron chi connectivity index (χ1n) is 5.44. The third kappa shape index (κ3) is 3.07. The highest BCUT2D eigenvalue weighted by Crippen LogP contribution is 2.25. The molecule has 0 atom stereocenters. The number of carbonyl (C=O) groups excluding carboxylic acids is 1. The molecule has 0 aliphatic heterocycles. The molecule has 20 heavy (non-hydrogen) atoms. The Hall–Kier alpha value is -2.11. The lowest BCUT2D eigenvalue weighted by atomic mass is 10.2. The van der Waals surface area contributed by atoms with Gasteiger partial charge in [-0.25, -0.2) is 4.79 Å². The lowest BCUT2D eigenvalue weighted by Gasteiger charge is -2.08. The first kappa shape index (κ1) is 14.3. The minimum atomic E-state index is -1.23. The van der Waals surface area contributed by atoms with E-state index in [-0.39, 0.29) is 16.3 Å². The summed E-state index contributed by atoms with van der Waals surface area (Å²) in [6.45, 7) is 0. The highest BCUT2D eigenvalue weighted by Gasteiger charge is 2.18. The minimum absolute atomic E-state index is 0.185. The summed E-state index contributed by atoms with van der Waals surface area (Å²) in [5.41, 5.74) is -0.0517. The van der Waals surface area contributed by atoms with Crippen LogP contribution in [0.5, 0.6) is 0 Å². The monoisotopic (exact) mass is 310 g/mol. The van der Waals surface area contributed by atoms with E-state index in [4.69, 9.17) is 28.3 Å². The van der Waals surface area contributed by atoms with Crippen LogP contribution in [0.15, 0.2) is 36.5 Å². The van der Waals surface area contributed by atoms with Crippen LogP contribution in [0.25, 0.3) is 0 Å². The Morgan fingerprint density at radius 3 is 2.60 bits per heavy atom. The van der Waals surface area contributed by atoms with Crippen molar-refractivity contribution in [1.82, 2.24) is 4.98 Å². The number of halogens is 2. The molecular formula is C13H8Cl2N2O3. The molecule has 0 unspecified atom stereocenters. The Kier molecular flexibility index (Phi) is 4.22. The Bertz CT molecular complexity index is 689. The molecule has 102 valence electrons. The summed E-state index contributed by atoms with van der Waals surface area (Å²) in [5.74, 6) is -1.89. The molecular weight excluding hydrogens is 303 g/mol. The Morgan fingerprint density at radius 2 is 1.95 bits per heavy atom. The van der Waals surface area contributed by atoms with E-state index in [1.807, 2.05) is 0 Å². The molecule has 2 rings (SSSR count). The Balaban J connectivity index is 2.31. The van der Waals surface area contributed by atoms with E-state index >= 15 is 0 Å². The van der Waals surface area contributed by atoms with Crippen LogP contribution < -0.4 is 5.32 Å². The molecule has 1 aromatic heterocycles. The number of pyridine rings is 1. The number of carbonyl (C=O) groups is 2. The SMILES string of the molecule is O=C(O)c1cccnc1C(=O)Nc1ccc(Cl)cc1Cl. The molecule has 0 aliphatic carbocycles. The summed E-state index contributed by atoms with van der Waals surface area (Å²) in [7, 11) is 0. The topological polar surface area (TPSA) is 79.3 Å². The average Bonchev–Trinajstić information content (AvgIpc) is 2.41. The number of anilines is 1. The van der Waals surface area contributed by atoms with Crippen LogP contribution in [0.2, 0.25) is 10.0 Å². The van der Waals surface area contributed by atoms with Gasteiger partial charge in [0.25, 0.3) is 5.91 Å². The number of aromatic nitrogens is 1. The quantitative estimate of drug-likeness (QED) is 0.911. The van der Waals surface area contributed by atoms with E-state index in [1.165, 1.54) is 30.5 Å². The highest BCUT2D eigenvalue weighted by atomic mass is 35.5. The highest BCUT2D eigenvalue weighted by molar-refractivity contribution is 6.36. The van der Waals surface area contributed by atoms with Gasteiger partial charge in [0.1, 0.15) is 5.69 Å². The van der Waals surface area contributed by atoms with Gasteiger partial charge in [0, 0.05) is 11.2 Å². The van der Waals surface area contributed by atoms with Gasteiger partial charge in [0.2, 0.25) is 0 Å². The average molecular weight is 311 g/mol. The van der Waals surface area contributed by atoms with Gasteiger partial charge in [-0.3, -0.25) is 9.78 Å². The second kappa shape index (κ2) is 5.90. The Labute approximate surface area is 124 Å². The number of aromatic carboxylic acids is 1. The van der Waals surface area contributed by atoms with Crippen LogP contribution in [0.4, 0.5) is 5.69 Å². The zero-order valence-corrected chi connectivity index (χ0v) is 11.4. The number of rotatable bonds is 3. The van der Waals surface area contributed by atoms with Crippen molar-refractivity contribution in [1.29, 1.82) is 0 Å². The number of hydrogen-bond acceptors (Lipinski definition) is 3. The van der Waals surface area contributed by atoms with Crippen molar-refractivity contribution in [3.05, 3.63) is 57.8 Å². The second-order valence-corrected chi connectivity index (χ2v) is 4.63. The molecule has 7 heteroatoms. The molecule has 2 N–H and O–H groups in total.